The van der Waals surface area contributed by atoms with E-state index < -0.39 is 0 Å². The summed E-state index contributed by atoms with van der Waals surface area (Å²) in [6.07, 6.45) is 0. The molecule has 328 valence electrons. The third-order valence-corrected chi connectivity index (χ3v) is 14.9. The first-order valence-electron chi connectivity index (χ1n) is 23.6. The van der Waals surface area contributed by atoms with Crippen LogP contribution in [0.15, 0.2) is 249 Å². The van der Waals surface area contributed by atoms with Crippen molar-refractivity contribution in [2.24, 2.45) is 0 Å². The molecule has 0 saturated heterocycles. The molecule has 70 heavy (non-hydrogen) atoms. The number of hydrogen-bond acceptors (Lipinski definition) is 4. The minimum Gasteiger partial charge on any atom is -0.311 e. The van der Waals surface area contributed by atoms with E-state index >= 15 is 0 Å². The van der Waals surface area contributed by atoms with Gasteiger partial charge in [0.05, 0.1) is 38.0 Å². The van der Waals surface area contributed by atoms with Crippen LogP contribution in [0.4, 0.5) is 17.1 Å². The van der Waals surface area contributed by atoms with Crippen LogP contribution in [-0.2, 0) is 0 Å². The fraction of sp³-hybridized carbons (Fsp3) is 0. The van der Waals surface area contributed by atoms with E-state index in [1.54, 1.807) is 11.3 Å². The number of rotatable bonds is 8. The average Bonchev–Trinajstić information content (AvgIpc) is 4.12. The fourth-order valence-electron chi connectivity index (χ4n) is 10.5. The van der Waals surface area contributed by atoms with E-state index in [9.17, 15) is 0 Å². The first-order chi connectivity index (χ1) is 34.7. The van der Waals surface area contributed by atoms with Crippen molar-refractivity contribution in [3.8, 4) is 44.5 Å². The van der Waals surface area contributed by atoms with Gasteiger partial charge in [-0.05, 0) is 112 Å². The van der Waals surface area contributed by atoms with Gasteiger partial charge in [0.25, 0.3) is 0 Å². The van der Waals surface area contributed by atoms with Crippen molar-refractivity contribution in [3.05, 3.63) is 249 Å². The molecule has 0 N–H and O–H groups in total. The maximum atomic E-state index is 5.61. The van der Waals surface area contributed by atoms with Crippen molar-refractivity contribution in [1.82, 2.24) is 19.1 Å². The van der Waals surface area contributed by atoms with Crippen LogP contribution < -0.4 is 4.90 Å². The molecule has 0 bridgehead atoms. The minimum absolute atomic E-state index is 0.635. The molecule has 5 nitrogen and oxygen atoms in total. The summed E-state index contributed by atoms with van der Waals surface area (Å²) in [5.41, 5.74) is 15.2. The Morgan fingerprint density at radius 2 is 0.929 bits per heavy atom. The molecule has 0 amide bonds. The van der Waals surface area contributed by atoms with E-state index in [-0.39, 0.29) is 0 Å². The molecule has 0 radical (unpaired) electrons. The first kappa shape index (κ1) is 40.0. The highest BCUT2D eigenvalue weighted by molar-refractivity contribution is 7.22. The summed E-state index contributed by atoms with van der Waals surface area (Å²) in [7, 11) is 0. The summed E-state index contributed by atoms with van der Waals surface area (Å²) < 4.78 is 5.72. The zero-order valence-corrected chi connectivity index (χ0v) is 38.6. The maximum absolute atomic E-state index is 5.61. The highest BCUT2D eigenvalue weighted by Crippen LogP contribution is 2.44. The van der Waals surface area contributed by atoms with Gasteiger partial charge in [0.2, 0.25) is 5.95 Å². The third kappa shape index (κ3) is 6.53. The summed E-state index contributed by atoms with van der Waals surface area (Å²) in [5, 5.41) is 7.20. The van der Waals surface area contributed by atoms with E-state index in [0.717, 1.165) is 82.2 Å². The molecule has 6 heteroatoms. The number of aromatic nitrogens is 4. The Labute approximate surface area is 408 Å². The van der Waals surface area contributed by atoms with Gasteiger partial charge in [-0.3, -0.25) is 4.57 Å². The van der Waals surface area contributed by atoms with Crippen LogP contribution in [0.3, 0.4) is 0 Å². The van der Waals surface area contributed by atoms with Crippen LogP contribution in [0, 0.1) is 0 Å². The Morgan fingerprint density at radius 3 is 1.69 bits per heavy atom. The van der Waals surface area contributed by atoms with E-state index in [2.05, 4.69) is 263 Å². The third-order valence-electron chi connectivity index (χ3n) is 13.7. The second-order valence-electron chi connectivity index (χ2n) is 17.8. The quantitative estimate of drug-likeness (QED) is 0.152. The number of thiophene rings is 1. The van der Waals surface area contributed by atoms with Crippen LogP contribution in [0.5, 0.6) is 0 Å². The monoisotopic (exact) mass is 911 g/mol. The Balaban J connectivity index is 0.972. The second kappa shape index (κ2) is 16.3. The minimum atomic E-state index is 0.635. The van der Waals surface area contributed by atoms with E-state index in [0.29, 0.717) is 5.95 Å². The van der Waals surface area contributed by atoms with Gasteiger partial charge in [0, 0.05) is 54.7 Å². The molecule has 0 aliphatic heterocycles. The van der Waals surface area contributed by atoms with E-state index in [1.165, 1.54) is 38.0 Å². The smallest absolute Gasteiger partial charge is 0.235 e. The van der Waals surface area contributed by atoms with Gasteiger partial charge < -0.3 is 9.47 Å². The Kier molecular flexibility index (Phi) is 9.32. The van der Waals surface area contributed by atoms with Gasteiger partial charge in [-0.25, -0.2) is 9.97 Å². The molecule has 0 atom stereocenters. The van der Waals surface area contributed by atoms with Gasteiger partial charge in [-0.15, -0.1) is 11.3 Å². The average molecular weight is 912 g/mol. The molecule has 14 rings (SSSR count). The number of para-hydroxylation sites is 4. The number of anilines is 3. The molecule has 14 aromatic rings. The molecule has 0 aliphatic rings. The maximum Gasteiger partial charge on any atom is 0.235 e. The van der Waals surface area contributed by atoms with Crippen molar-refractivity contribution >= 4 is 93.0 Å². The predicted octanol–water partition coefficient (Wildman–Crippen LogP) is 17.5. The number of hydrogen-bond donors (Lipinski definition) is 0. The first-order valence-corrected chi connectivity index (χ1v) is 24.5. The van der Waals surface area contributed by atoms with Crippen LogP contribution in [0.1, 0.15) is 0 Å². The standard InChI is InChI=1S/C64H41N5S/c1-5-18-43(19-6-1)60-41-55-63(70-60)62(44-29-34-50(35-30-44)67(47-20-7-2-8-21-47)48-22-9-3-10-23-48)66-64(65-55)69-57-37-33-45(39-54(57)61-51-26-14-13-17-42(51)32-38-58(61)69)46-31-36-53-52-27-15-16-28-56(52)68(59(53)40-46)49-24-11-4-12-25-49/h1-41H. The summed E-state index contributed by atoms with van der Waals surface area (Å²) in [6, 6.07) is 89.1. The molecular weight excluding hydrogens is 871 g/mol. The van der Waals surface area contributed by atoms with Crippen molar-refractivity contribution in [2.45, 2.75) is 0 Å². The molecule has 4 heterocycles. The number of fused-ring (bicyclic) bond motifs is 9. The van der Waals surface area contributed by atoms with Crippen molar-refractivity contribution in [2.75, 3.05) is 4.90 Å². The zero-order valence-electron chi connectivity index (χ0n) is 37.8. The predicted molar refractivity (Wildman–Crippen MR) is 295 cm³/mol. The summed E-state index contributed by atoms with van der Waals surface area (Å²) in [5.74, 6) is 0.635. The second-order valence-corrected chi connectivity index (χ2v) is 18.8. The molecule has 0 saturated carbocycles. The van der Waals surface area contributed by atoms with Crippen molar-refractivity contribution in [1.29, 1.82) is 0 Å². The largest absolute Gasteiger partial charge is 0.311 e. The topological polar surface area (TPSA) is 38.9 Å². The van der Waals surface area contributed by atoms with Gasteiger partial charge in [-0.1, -0.05) is 164 Å². The van der Waals surface area contributed by atoms with E-state index in [4.69, 9.17) is 9.97 Å². The van der Waals surface area contributed by atoms with Gasteiger partial charge >= 0.3 is 0 Å². The van der Waals surface area contributed by atoms with Crippen LogP contribution in [-0.4, -0.2) is 19.1 Å². The lowest BCUT2D eigenvalue weighted by Gasteiger charge is -2.25. The Bertz CT molecular complexity index is 4230. The molecule has 0 unspecified atom stereocenters. The number of nitrogens with zero attached hydrogens (tertiary/aromatic N) is 5. The summed E-state index contributed by atoms with van der Waals surface area (Å²) >= 11 is 1.75. The SMILES string of the molecule is c1ccc(-c2cc3nc(-n4c5ccc(-c6ccc7c8ccccc8n(-c8ccccc8)c7c6)cc5c5c6ccccc6ccc54)nc(-c4ccc(N(c5ccccc5)c5ccccc5)cc4)c3s2)cc1. The normalized spacial score (nSPS) is 11.7. The molecule has 0 spiro atoms. The lowest BCUT2D eigenvalue weighted by Crippen LogP contribution is -2.09. The Hall–Kier alpha value is -9.10. The highest BCUT2D eigenvalue weighted by Gasteiger charge is 2.22. The van der Waals surface area contributed by atoms with Crippen molar-refractivity contribution in [3.63, 3.8) is 0 Å². The molecule has 0 fully saturated rings. The molecular formula is C64H41N5S. The zero-order chi connectivity index (χ0) is 46.1. The van der Waals surface area contributed by atoms with E-state index in [1.807, 2.05) is 0 Å². The lowest BCUT2D eigenvalue weighted by molar-refractivity contribution is 1.02. The number of benzene rings is 10. The summed E-state index contributed by atoms with van der Waals surface area (Å²) in [6.45, 7) is 0. The van der Waals surface area contributed by atoms with Gasteiger partial charge in [0.15, 0.2) is 0 Å². The highest BCUT2D eigenvalue weighted by atomic mass is 32.1. The van der Waals surface area contributed by atoms with Gasteiger partial charge in [0.1, 0.15) is 0 Å². The van der Waals surface area contributed by atoms with Gasteiger partial charge in [-0.2, -0.15) is 0 Å². The molecule has 4 aromatic heterocycles. The fourth-order valence-corrected chi connectivity index (χ4v) is 11.6. The summed E-state index contributed by atoms with van der Waals surface area (Å²) in [4.78, 5) is 14.5. The van der Waals surface area contributed by atoms with Crippen molar-refractivity contribution < 1.29 is 0 Å². The van der Waals surface area contributed by atoms with Crippen LogP contribution >= 0.6 is 11.3 Å². The Morgan fingerprint density at radius 1 is 0.357 bits per heavy atom. The van der Waals surface area contributed by atoms with Crippen LogP contribution in [0.2, 0.25) is 0 Å². The lowest BCUT2D eigenvalue weighted by atomic mass is 9.99. The molecule has 0 aliphatic carbocycles. The molecule has 10 aromatic carbocycles. The van der Waals surface area contributed by atoms with Crippen LogP contribution in [0.25, 0.3) is 109 Å².